The van der Waals surface area contributed by atoms with Gasteiger partial charge in [0.1, 0.15) is 6.08 Å². The van der Waals surface area contributed by atoms with Crippen LogP contribution in [0.2, 0.25) is 5.02 Å². The molecule has 2 aliphatic rings. The lowest BCUT2D eigenvalue weighted by Gasteiger charge is -2.32. The van der Waals surface area contributed by atoms with Crippen LogP contribution in [0.3, 0.4) is 0 Å². The first-order valence-electron chi connectivity index (χ1n) is 13.6. The first-order valence-corrected chi connectivity index (χ1v) is 14.0. The molecule has 0 unspecified atom stereocenters. The SMILES string of the molecule is CC(C)(C)OC([O-])=NCc1ccc(Cl)cc1CNC(=O)CN(C(=O)C1(O)c2ccccc2-c2ccccc21)C1CC1. The third-order valence-corrected chi connectivity index (χ3v) is 7.45. The van der Waals surface area contributed by atoms with Crippen molar-refractivity contribution in [3.8, 4) is 11.1 Å². The minimum absolute atomic E-state index is 0.0653. The quantitative estimate of drug-likeness (QED) is 0.313. The number of hydrogen-bond donors (Lipinski definition) is 2. The van der Waals surface area contributed by atoms with Gasteiger partial charge in [-0.3, -0.25) is 14.6 Å². The van der Waals surface area contributed by atoms with Gasteiger partial charge in [-0.15, -0.1) is 0 Å². The predicted molar refractivity (Wildman–Crippen MR) is 155 cm³/mol. The molecule has 5 rings (SSSR count). The van der Waals surface area contributed by atoms with Gasteiger partial charge in [0.15, 0.2) is 5.60 Å². The van der Waals surface area contributed by atoms with E-state index in [4.69, 9.17) is 16.3 Å². The molecule has 3 aromatic rings. The molecule has 1 saturated carbocycles. The summed E-state index contributed by atoms with van der Waals surface area (Å²) >= 11 is 6.21. The van der Waals surface area contributed by atoms with Crippen LogP contribution in [0.5, 0.6) is 0 Å². The molecule has 0 saturated heterocycles. The highest BCUT2D eigenvalue weighted by molar-refractivity contribution is 6.30. The molecular weight excluding hydrogens is 542 g/mol. The number of aliphatic imine (C=N–C) groups is 1. The van der Waals surface area contributed by atoms with E-state index in [9.17, 15) is 19.8 Å². The highest BCUT2D eigenvalue weighted by atomic mass is 35.5. The minimum Gasteiger partial charge on any atom is -0.595 e. The van der Waals surface area contributed by atoms with Crippen LogP contribution in [-0.2, 0) is 33.0 Å². The van der Waals surface area contributed by atoms with Crippen molar-refractivity contribution in [1.29, 1.82) is 0 Å². The van der Waals surface area contributed by atoms with Crippen LogP contribution in [0.15, 0.2) is 71.7 Å². The summed E-state index contributed by atoms with van der Waals surface area (Å²) in [6.07, 6.45) is 0.862. The minimum atomic E-state index is -1.88. The maximum Gasteiger partial charge on any atom is 0.264 e. The van der Waals surface area contributed by atoms with Gasteiger partial charge in [0, 0.05) is 34.3 Å². The second-order valence-electron chi connectivity index (χ2n) is 11.5. The Morgan fingerprint density at radius 3 is 2.24 bits per heavy atom. The van der Waals surface area contributed by atoms with Crippen molar-refractivity contribution < 1.29 is 24.5 Å². The Balaban J connectivity index is 1.31. The Morgan fingerprint density at radius 2 is 1.66 bits per heavy atom. The summed E-state index contributed by atoms with van der Waals surface area (Å²) in [4.78, 5) is 32.7. The molecule has 214 valence electrons. The number of aliphatic hydroxyl groups is 1. The first-order chi connectivity index (χ1) is 19.5. The van der Waals surface area contributed by atoms with Crippen molar-refractivity contribution in [3.63, 3.8) is 0 Å². The summed E-state index contributed by atoms with van der Waals surface area (Å²) in [5, 5.41) is 27.4. The Labute approximate surface area is 244 Å². The molecule has 0 heterocycles. The monoisotopic (exact) mass is 574 g/mol. The number of carbonyl (C=O) groups is 2. The van der Waals surface area contributed by atoms with Crippen LogP contribution in [0.4, 0.5) is 0 Å². The summed E-state index contributed by atoms with van der Waals surface area (Å²) in [6.45, 7) is 5.29. The molecule has 2 N–H and O–H groups in total. The largest absolute Gasteiger partial charge is 0.595 e. The number of rotatable bonds is 8. The van der Waals surface area contributed by atoms with Crippen LogP contribution in [0, 0.1) is 0 Å². The molecule has 8 nitrogen and oxygen atoms in total. The number of amides is 2. The van der Waals surface area contributed by atoms with E-state index in [1.54, 1.807) is 63.2 Å². The molecule has 2 aliphatic carbocycles. The van der Waals surface area contributed by atoms with Crippen molar-refractivity contribution in [2.24, 2.45) is 4.99 Å². The summed E-state index contributed by atoms with van der Waals surface area (Å²) in [5.74, 6) is -0.879. The number of ether oxygens (including phenoxy) is 1. The van der Waals surface area contributed by atoms with Gasteiger partial charge >= 0.3 is 0 Å². The van der Waals surface area contributed by atoms with Crippen molar-refractivity contribution in [1.82, 2.24) is 10.2 Å². The molecule has 0 atom stereocenters. The fraction of sp³-hybridized carbons (Fsp3) is 0.344. The van der Waals surface area contributed by atoms with E-state index in [1.165, 1.54) is 4.90 Å². The standard InChI is InChI=1S/C32H34ClN3O5/c1-31(2,3)41-30(39)35-17-20-12-13-22(33)16-21(20)18-34-28(37)19-36(23-14-15-23)29(38)32(40)26-10-6-4-8-24(26)25-9-5-7-11-27(25)32/h4-13,16,23,40H,14-15,17-19H2,1-3H3,(H,34,37)(H,35,39)/p-1. The second kappa shape index (κ2) is 11.2. The number of nitrogens with one attached hydrogen (secondary N) is 1. The Morgan fingerprint density at radius 1 is 1.05 bits per heavy atom. The van der Waals surface area contributed by atoms with Crippen molar-refractivity contribution in [3.05, 3.63) is 94.0 Å². The van der Waals surface area contributed by atoms with E-state index >= 15 is 0 Å². The van der Waals surface area contributed by atoms with E-state index in [1.807, 2.05) is 24.3 Å². The Kier molecular flexibility index (Phi) is 7.81. The summed E-state index contributed by atoms with van der Waals surface area (Å²) < 4.78 is 5.25. The molecule has 3 aromatic carbocycles. The van der Waals surface area contributed by atoms with Crippen molar-refractivity contribution in [2.45, 2.75) is 63.9 Å². The number of hydrogen-bond acceptors (Lipinski definition) is 6. The maximum atomic E-state index is 14.1. The molecular formula is C32H33ClN3O5-. The van der Waals surface area contributed by atoms with Gasteiger partial charge in [0.25, 0.3) is 5.91 Å². The fourth-order valence-corrected chi connectivity index (χ4v) is 5.36. The third kappa shape index (κ3) is 6.09. The lowest BCUT2D eigenvalue weighted by Crippen LogP contribution is -2.51. The zero-order chi connectivity index (χ0) is 29.4. The van der Waals surface area contributed by atoms with Crippen LogP contribution in [0.25, 0.3) is 11.1 Å². The molecule has 0 aromatic heterocycles. The molecule has 9 heteroatoms. The lowest BCUT2D eigenvalue weighted by atomic mass is 9.89. The Bertz CT molecular complexity index is 1460. The van der Waals surface area contributed by atoms with Crippen molar-refractivity contribution in [2.75, 3.05) is 6.54 Å². The second-order valence-corrected chi connectivity index (χ2v) is 11.9. The van der Waals surface area contributed by atoms with Crippen molar-refractivity contribution >= 4 is 29.5 Å². The Hall–Kier alpha value is -3.88. The average Bonchev–Trinajstić information content (AvgIpc) is 3.74. The molecule has 0 aliphatic heterocycles. The number of nitrogens with zero attached hydrogens (tertiary/aromatic N) is 2. The molecule has 0 bridgehead atoms. The molecule has 1 fully saturated rings. The van der Waals surface area contributed by atoms with E-state index in [2.05, 4.69) is 10.3 Å². The van der Waals surface area contributed by atoms with Crippen LogP contribution < -0.4 is 10.4 Å². The molecule has 41 heavy (non-hydrogen) atoms. The smallest absolute Gasteiger partial charge is 0.264 e. The topological polar surface area (TPSA) is 114 Å². The number of benzene rings is 3. The normalized spacial score (nSPS) is 15.6. The van der Waals surface area contributed by atoms with Gasteiger partial charge in [-0.1, -0.05) is 87.0 Å². The first kappa shape index (κ1) is 28.6. The van der Waals surface area contributed by atoms with Gasteiger partial charge in [-0.2, -0.15) is 0 Å². The van der Waals surface area contributed by atoms with E-state index in [-0.39, 0.29) is 31.6 Å². The zero-order valence-corrected chi connectivity index (χ0v) is 24.1. The summed E-state index contributed by atoms with van der Waals surface area (Å²) in [6, 6.07) is 19.7. The molecule has 0 radical (unpaired) electrons. The molecule has 0 spiro atoms. The van der Waals surface area contributed by atoms with E-state index in [0.717, 1.165) is 24.0 Å². The van der Waals surface area contributed by atoms with Gasteiger partial charge in [-0.05, 0) is 47.2 Å². The fourth-order valence-electron chi connectivity index (χ4n) is 5.16. The summed E-state index contributed by atoms with van der Waals surface area (Å²) in [5.41, 5.74) is 1.54. The van der Waals surface area contributed by atoms with Gasteiger partial charge in [0.05, 0.1) is 13.1 Å². The highest BCUT2D eigenvalue weighted by Gasteiger charge is 2.52. The number of fused-ring (bicyclic) bond motifs is 3. The predicted octanol–water partition coefficient (Wildman–Crippen LogP) is 3.90. The van der Waals surface area contributed by atoms with Gasteiger partial charge in [0.2, 0.25) is 5.91 Å². The number of halogens is 1. The zero-order valence-electron chi connectivity index (χ0n) is 23.3. The third-order valence-electron chi connectivity index (χ3n) is 7.21. The lowest BCUT2D eigenvalue weighted by molar-refractivity contribution is -0.260. The summed E-state index contributed by atoms with van der Waals surface area (Å²) in [7, 11) is 0. The average molecular weight is 575 g/mol. The van der Waals surface area contributed by atoms with Crippen LogP contribution in [-0.4, -0.2) is 46.1 Å². The van der Waals surface area contributed by atoms with Gasteiger partial charge < -0.3 is 25.2 Å². The van der Waals surface area contributed by atoms with Crippen LogP contribution >= 0.6 is 11.6 Å². The van der Waals surface area contributed by atoms with E-state index in [0.29, 0.717) is 27.3 Å². The molecule has 2 amide bonds. The van der Waals surface area contributed by atoms with Crippen LogP contribution in [0.1, 0.15) is 55.9 Å². The number of carbonyl (C=O) groups excluding carboxylic acids is 2. The van der Waals surface area contributed by atoms with E-state index < -0.39 is 23.2 Å². The van der Waals surface area contributed by atoms with Gasteiger partial charge in [-0.25, -0.2) is 0 Å². The maximum absolute atomic E-state index is 14.1. The highest BCUT2D eigenvalue weighted by Crippen LogP contribution is 2.49.